The first-order chi connectivity index (χ1) is 15.9. The van der Waals surface area contributed by atoms with E-state index in [0.717, 1.165) is 22.2 Å². The highest BCUT2D eigenvalue weighted by Gasteiger charge is 2.13. The molecule has 0 bridgehead atoms. The van der Waals surface area contributed by atoms with Crippen LogP contribution in [0.15, 0.2) is 48.5 Å². The quantitative estimate of drug-likeness (QED) is 0.327. The van der Waals surface area contributed by atoms with E-state index in [1.807, 2.05) is 26.0 Å². The van der Waals surface area contributed by atoms with E-state index < -0.39 is 5.82 Å². The number of aromatic nitrogens is 2. The Morgan fingerprint density at radius 1 is 1.15 bits per heavy atom. The van der Waals surface area contributed by atoms with E-state index in [9.17, 15) is 9.65 Å². The van der Waals surface area contributed by atoms with Gasteiger partial charge in [0.05, 0.1) is 28.7 Å². The molecular formula is C26H21ClFN3O2. The zero-order chi connectivity index (χ0) is 23.5. The number of nitrogens with zero attached hydrogens (tertiary/aromatic N) is 2. The van der Waals surface area contributed by atoms with Gasteiger partial charge in [0.15, 0.2) is 11.5 Å². The summed E-state index contributed by atoms with van der Waals surface area (Å²) in [7, 11) is 1.52. The van der Waals surface area contributed by atoms with Gasteiger partial charge in [0.1, 0.15) is 24.3 Å². The zero-order valence-corrected chi connectivity index (χ0v) is 19.1. The molecule has 4 rings (SSSR count). The van der Waals surface area contributed by atoms with Crippen molar-refractivity contribution in [3.8, 4) is 17.6 Å². The molecule has 0 atom stereocenters. The highest BCUT2D eigenvalue weighted by atomic mass is 35.5. The Balaban J connectivity index is 1.66. The molecule has 0 amide bonds. The Morgan fingerprint density at radius 2 is 1.94 bits per heavy atom. The molecule has 33 heavy (non-hydrogen) atoms. The molecule has 4 aromatic rings. The predicted molar refractivity (Wildman–Crippen MR) is 128 cm³/mol. The van der Waals surface area contributed by atoms with Crippen LogP contribution in [0.3, 0.4) is 0 Å². The number of aryl methyl sites for hydroxylation is 2. The van der Waals surface area contributed by atoms with Crippen molar-refractivity contribution in [2.24, 2.45) is 0 Å². The number of rotatable bonds is 6. The molecule has 0 aliphatic carbocycles. The van der Waals surface area contributed by atoms with Gasteiger partial charge in [-0.25, -0.2) is 9.37 Å². The summed E-state index contributed by atoms with van der Waals surface area (Å²) < 4.78 is 25.3. The number of benzene rings is 3. The molecule has 0 saturated heterocycles. The fourth-order valence-electron chi connectivity index (χ4n) is 3.43. The van der Waals surface area contributed by atoms with E-state index in [0.29, 0.717) is 28.5 Å². The molecule has 0 fully saturated rings. The molecule has 1 heterocycles. The van der Waals surface area contributed by atoms with Crippen LogP contribution in [0.2, 0.25) is 5.02 Å². The van der Waals surface area contributed by atoms with Crippen LogP contribution >= 0.6 is 11.6 Å². The number of hydrogen-bond acceptors (Lipinski definition) is 4. The fourth-order valence-corrected chi connectivity index (χ4v) is 3.65. The van der Waals surface area contributed by atoms with Crippen molar-refractivity contribution in [1.82, 2.24) is 9.97 Å². The van der Waals surface area contributed by atoms with E-state index in [1.165, 1.54) is 19.2 Å². The van der Waals surface area contributed by atoms with Gasteiger partial charge in [-0.15, -0.1) is 0 Å². The summed E-state index contributed by atoms with van der Waals surface area (Å²) in [6, 6.07) is 15.9. The van der Waals surface area contributed by atoms with Gasteiger partial charge in [0, 0.05) is 5.56 Å². The molecule has 0 aliphatic rings. The zero-order valence-electron chi connectivity index (χ0n) is 18.4. The third-order valence-electron chi connectivity index (χ3n) is 5.41. The second-order valence-corrected chi connectivity index (χ2v) is 8.02. The van der Waals surface area contributed by atoms with Crippen LogP contribution in [0.1, 0.15) is 28.1 Å². The van der Waals surface area contributed by atoms with E-state index in [-0.39, 0.29) is 17.2 Å². The number of ether oxygens (including phenoxy) is 2. The van der Waals surface area contributed by atoms with Gasteiger partial charge < -0.3 is 14.5 Å². The van der Waals surface area contributed by atoms with Crippen molar-refractivity contribution in [2.45, 2.75) is 20.5 Å². The average Bonchev–Trinajstić information content (AvgIpc) is 3.20. The number of fused-ring (bicyclic) bond motifs is 1. The Labute approximate surface area is 196 Å². The van der Waals surface area contributed by atoms with Crippen LogP contribution < -0.4 is 9.47 Å². The Kier molecular flexibility index (Phi) is 6.34. The maximum Gasteiger partial charge on any atom is 0.162 e. The third-order valence-corrected chi connectivity index (χ3v) is 5.76. The van der Waals surface area contributed by atoms with Crippen molar-refractivity contribution in [3.63, 3.8) is 0 Å². The molecule has 0 unspecified atom stereocenters. The summed E-state index contributed by atoms with van der Waals surface area (Å²) in [4.78, 5) is 7.79. The Bertz CT molecular complexity index is 1360. The van der Waals surface area contributed by atoms with E-state index in [1.54, 1.807) is 30.3 Å². The topological polar surface area (TPSA) is 70.9 Å². The van der Waals surface area contributed by atoms with Gasteiger partial charge >= 0.3 is 0 Å². The van der Waals surface area contributed by atoms with Crippen LogP contribution in [-0.2, 0) is 6.61 Å². The number of aromatic amines is 1. The van der Waals surface area contributed by atoms with Crippen molar-refractivity contribution >= 4 is 34.3 Å². The van der Waals surface area contributed by atoms with Crippen LogP contribution in [-0.4, -0.2) is 17.1 Å². The van der Waals surface area contributed by atoms with Crippen LogP contribution in [0.5, 0.6) is 11.5 Å². The summed E-state index contributed by atoms with van der Waals surface area (Å²) in [5, 5.41) is 10.1. The van der Waals surface area contributed by atoms with Gasteiger partial charge in [-0.1, -0.05) is 23.7 Å². The average molecular weight is 462 g/mol. The highest BCUT2D eigenvalue weighted by molar-refractivity contribution is 6.31. The monoisotopic (exact) mass is 461 g/mol. The number of imidazole rings is 1. The number of hydrogen-bond donors (Lipinski definition) is 1. The lowest BCUT2D eigenvalue weighted by Crippen LogP contribution is -2.01. The molecule has 3 aromatic carbocycles. The standard InChI is InChI=1S/C26H21ClFN3O2/c1-15-9-22-23(10-16(15)2)31-26(30-22)18(13-29)11-17-7-8-24(32-3)25(12-17)33-14-19-20(27)5-4-6-21(19)28/h4-12H,14H2,1-3H3,(H,30,31)/b18-11+. The number of H-pyrrole nitrogens is 1. The largest absolute Gasteiger partial charge is 0.493 e. The first-order valence-corrected chi connectivity index (χ1v) is 10.6. The lowest BCUT2D eigenvalue weighted by atomic mass is 10.1. The normalized spacial score (nSPS) is 11.5. The van der Waals surface area contributed by atoms with Gasteiger partial charge in [0.2, 0.25) is 0 Å². The van der Waals surface area contributed by atoms with E-state index in [2.05, 4.69) is 16.0 Å². The highest BCUT2D eigenvalue weighted by Crippen LogP contribution is 2.32. The fraction of sp³-hybridized carbons (Fsp3) is 0.154. The van der Waals surface area contributed by atoms with Crippen LogP contribution in [0.25, 0.3) is 22.7 Å². The number of methoxy groups -OCH3 is 1. The molecular weight excluding hydrogens is 441 g/mol. The molecule has 0 aliphatic heterocycles. The van der Waals surface area contributed by atoms with Gasteiger partial charge in [-0.3, -0.25) is 0 Å². The maximum absolute atomic E-state index is 14.1. The lowest BCUT2D eigenvalue weighted by Gasteiger charge is -2.13. The Morgan fingerprint density at radius 3 is 2.67 bits per heavy atom. The molecule has 0 radical (unpaired) electrons. The number of nitrogens with one attached hydrogen (secondary N) is 1. The first kappa shape index (κ1) is 22.4. The molecule has 7 heteroatoms. The maximum atomic E-state index is 14.1. The minimum absolute atomic E-state index is 0.0670. The number of allylic oxidation sites excluding steroid dienone is 1. The van der Waals surface area contributed by atoms with Gasteiger partial charge in [-0.05, 0) is 73.0 Å². The van der Waals surface area contributed by atoms with Crippen molar-refractivity contribution in [1.29, 1.82) is 5.26 Å². The van der Waals surface area contributed by atoms with Gasteiger partial charge in [0.25, 0.3) is 0 Å². The van der Waals surface area contributed by atoms with E-state index in [4.69, 9.17) is 21.1 Å². The summed E-state index contributed by atoms with van der Waals surface area (Å²) >= 11 is 6.10. The second-order valence-electron chi connectivity index (χ2n) is 7.61. The first-order valence-electron chi connectivity index (χ1n) is 10.2. The molecule has 0 saturated carbocycles. The molecule has 1 aromatic heterocycles. The molecule has 166 valence electrons. The smallest absolute Gasteiger partial charge is 0.162 e. The summed E-state index contributed by atoms with van der Waals surface area (Å²) in [5.74, 6) is 0.917. The summed E-state index contributed by atoms with van der Waals surface area (Å²) in [5.41, 5.74) is 5.28. The van der Waals surface area contributed by atoms with Crippen LogP contribution in [0.4, 0.5) is 4.39 Å². The predicted octanol–water partition coefficient (Wildman–Crippen LogP) is 6.62. The van der Waals surface area contributed by atoms with E-state index >= 15 is 0 Å². The van der Waals surface area contributed by atoms with Crippen molar-refractivity contribution in [2.75, 3.05) is 7.11 Å². The van der Waals surface area contributed by atoms with Gasteiger partial charge in [-0.2, -0.15) is 5.26 Å². The van der Waals surface area contributed by atoms with Crippen molar-refractivity contribution < 1.29 is 13.9 Å². The van der Waals surface area contributed by atoms with Crippen LogP contribution in [0, 0.1) is 31.0 Å². The van der Waals surface area contributed by atoms with Crippen molar-refractivity contribution in [3.05, 3.63) is 87.4 Å². The Hall–Kier alpha value is -3.82. The molecule has 5 nitrogen and oxygen atoms in total. The SMILES string of the molecule is COc1ccc(/C=C(\C#N)c2nc3cc(C)c(C)cc3[nH]2)cc1OCc1c(F)cccc1Cl. The number of halogens is 2. The third kappa shape index (κ3) is 4.69. The minimum atomic E-state index is -0.445. The number of nitriles is 1. The summed E-state index contributed by atoms with van der Waals surface area (Å²) in [6.07, 6.45) is 1.71. The second kappa shape index (κ2) is 9.35. The summed E-state index contributed by atoms with van der Waals surface area (Å²) in [6.45, 7) is 3.99. The molecule has 0 spiro atoms. The minimum Gasteiger partial charge on any atom is -0.493 e. The lowest BCUT2D eigenvalue weighted by molar-refractivity contribution is 0.280. The molecule has 1 N–H and O–H groups in total.